The quantitative estimate of drug-likeness (QED) is 0.752. The van der Waals surface area contributed by atoms with Crippen LogP contribution in [0, 0.1) is 0 Å². The number of anilines is 1. The third-order valence-corrected chi connectivity index (χ3v) is 1.86. The Balaban J connectivity index is 2.03. The van der Waals surface area contributed by atoms with Gasteiger partial charge in [0.05, 0.1) is 26.0 Å². The highest BCUT2D eigenvalue weighted by Crippen LogP contribution is 2.04. The summed E-state index contributed by atoms with van der Waals surface area (Å²) in [5, 5.41) is 6.52. The number of esters is 1. The Morgan fingerprint density at radius 1 is 1.53 bits per heavy atom. The first-order valence-corrected chi connectivity index (χ1v) is 4.69. The molecule has 0 spiro atoms. The van der Waals surface area contributed by atoms with E-state index in [1.807, 2.05) is 0 Å². The first kappa shape index (κ1) is 11.0. The van der Waals surface area contributed by atoms with Gasteiger partial charge in [0.15, 0.2) is 11.5 Å². The van der Waals surface area contributed by atoms with Crippen molar-refractivity contribution in [2.45, 2.75) is 6.54 Å². The smallest absolute Gasteiger partial charge is 0.358 e. The SMILES string of the molecule is COC(=O)c1cncc(NCc2ncon2)n1. The van der Waals surface area contributed by atoms with E-state index >= 15 is 0 Å². The van der Waals surface area contributed by atoms with Crippen LogP contribution < -0.4 is 5.32 Å². The van der Waals surface area contributed by atoms with Crippen molar-refractivity contribution in [3.05, 3.63) is 30.3 Å². The molecule has 0 unspecified atom stereocenters. The van der Waals surface area contributed by atoms with Crippen molar-refractivity contribution in [3.8, 4) is 0 Å². The van der Waals surface area contributed by atoms with Crippen LogP contribution in [-0.4, -0.2) is 33.2 Å². The summed E-state index contributed by atoms with van der Waals surface area (Å²) < 4.78 is 9.10. The van der Waals surface area contributed by atoms with E-state index in [2.05, 4.69) is 34.7 Å². The van der Waals surface area contributed by atoms with E-state index in [0.717, 1.165) is 0 Å². The van der Waals surface area contributed by atoms with Crippen molar-refractivity contribution < 1.29 is 14.1 Å². The third-order valence-electron chi connectivity index (χ3n) is 1.86. The maximum Gasteiger partial charge on any atom is 0.358 e. The average Bonchev–Trinajstić information content (AvgIpc) is 2.89. The van der Waals surface area contributed by atoms with Gasteiger partial charge in [-0.3, -0.25) is 4.98 Å². The summed E-state index contributed by atoms with van der Waals surface area (Å²) in [5.74, 6) is 0.369. The number of rotatable bonds is 4. The van der Waals surface area contributed by atoms with Crippen LogP contribution >= 0.6 is 0 Å². The Morgan fingerprint density at radius 2 is 2.41 bits per heavy atom. The normalized spacial score (nSPS) is 9.94. The minimum Gasteiger partial charge on any atom is -0.464 e. The monoisotopic (exact) mass is 235 g/mol. The molecule has 88 valence electrons. The number of hydrogen-bond donors (Lipinski definition) is 1. The first-order valence-electron chi connectivity index (χ1n) is 4.69. The van der Waals surface area contributed by atoms with Gasteiger partial charge in [-0.1, -0.05) is 5.16 Å². The molecule has 2 heterocycles. The first-order chi connectivity index (χ1) is 8.29. The van der Waals surface area contributed by atoms with E-state index in [1.54, 1.807) is 0 Å². The predicted octanol–water partition coefficient (Wildman–Crippen LogP) is 0.258. The number of carbonyl (C=O) groups is 1. The molecule has 8 nitrogen and oxygen atoms in total. The number of aromatic nitrogens is 4. The van der Waals surface area contributed by atoms with Crippen LogP contribution in [0.2, 0.25) is 0 Å². The van der Waals surface area contributed by atoms with Gasteiger partial charge in [0.2, 0.25) is 6.39 Å². The van der Waals surface area contributed by atoms with Crippen molar-refractivity contribution in [1.82, 2.24) is 20.1 Å². The van der Waals surface area contributed by atoms with Gasteiger partial charge >= 0.3 is 5.97 Å². The Kier molecular flexibility index (Phi) is 3.24. The standard InChI is InChI=1S/C9H9N5O3/c1-16-9(15)6-2-10-3-7(13-6)11-4-8-12-5-17-14-8/h2-3,5H,4H2,1H3,(H,11,13). The number of nitrogens with zero attached hydrogens (tertiary/aromatic N) is 4. The summed E-state index contributed by atoms with van der Waals surface area (Å²) in [6, 6.07) is 0. The van der Waals surface area contributed by atoms with Gasteiger partial charge in [-0.15, -0.1) is 0 Å². The highest BCUT2D eigenvalue weighted by Gasteiger charge is 2.08. The number of carbonyl (C=O) groups excluding carboxylic acids is 1. The molecule has 0 bridgehead atoms. The largest absolute Gasteiger partial charge is 0.464 e. The van der Waals surface area contributed by atoms with Crippen molar-refractivity contribution in [1.29, 1.82) is 0 Å². The second-order valence-electron chi connectivity index (χ2n) is 2.98. The van der Waals surface area contributed by atoms with Gasteiger partial charge in [0.25, 0.3) is 0 Å². The van der Waals surface area contributed by atoms with Crippen LogP contribution in [-0.2, 0) is 11.3 Å². The zero-order valence-corrected chi connectivity index (χ0v) is 8.95. The summed E-state index contributed by atoms with van der Waals surface area (Å²) in [5.41, 5.74) is 0.130. The lowest BCUT2D eigenvalue weighted by Gasteiger charge is -2.03. The fraction of sp³-hybridized carbons (Fsp3) is 0.222. The van der Waals surface area contributed by atoms with Crippen molar-refractivity contribution in [2.24, 2.45) is 0 Å². The summed E-state index contributed by atoms with van der Waals surface area (Å²) >= 11 is 0. The second-order valence-corrected chi connectivity index (χ2v) is 2.98. The maximum atomic E-state index is 11.2. The summed E-state index contributed by atoms with van der Waals surface area (Å²) in [6.45, 7) is 0.329. The zero-order valence-electron chi connectivity index (χ0n) is 8.95. The third kappa shape index (κ3) is 2.74. The van der Waals surface area contributed by atoms with Gasteiger partial charge < -0.3 is 14.6 Å². The molecule has 0 atom stereocenters. The molecule has 0 saturated heterocycles. The minimum atomic E-state index is -0.541. The van der Waals surface area contributed by atoms with Crippen molar-refractivity contribution >= 4 is 11.8 Å². The molecule has 0 aliphatic carbocycles. The lowest BCUT2D eigenvalue weighted by molar-refractivity contribution is 0.0593. The predicted molar refractivity (Wildman–Crippen MR) is 55.0 cm³/mol. The number of ether oxygens (including phenoxy) is 1. The Labute approximate surface area is 96.0 Å². The molecule has 0 radical (unpaired) electrons. The molecule has 1 N–H and O–H groups in total. The Bertz CT molecular complexity index is 499. The molecule has 0 aliphatic heterocycles. The summed E-state index contributed by atoms with van der Waals surface area (Å²) in [7, 11) is 1.28. The Morgan fingerprint density at radius 3 is 3.12 bits per heavy atom. The van der Waals surface area contributed by atoms with E-state index in [4.69, 9.17) is 0 Å². The van der Waals surface area contributed by atoms with Gasteiger partial charge in [-0.05, 0) is 0 Å². The molecule has 2 rings (SSSR count). The van der Waals surface area contributed by atoms with Crippen LogP contribution in [0.3, 0.4) is 0 Å². The Hall–Kier alpha value is -2.51. The van der Waals surface area contributed by atoms with Gasteiger partial charge in [-0.25, -0.2) is 9.78 Å². The fourth-order valence-corrected chi connectivity index (χ4v) is 1.09. The van der Waals surface area contributed by atoms with Crippen molar-refractivity contribution in [3.63, 3.8) is 0 Å². The molecule has 0 aliphatic rings. The van der Waals surface area contributed by atoms with E-state index < -0.39 is 5.97 Å². The topological polar surface area (TPSA) is 103 Å². The van der Waals surface area contributed by atoms with Crippen LogP contribution in [0.15, 0.2) is 23.3 Å². The summed E-state index contributed by atoms with van der Waals surface area (Å²) in [6.07, 6.45) is 4.03. The molecule has 0 fully saturated rings. The lowest BCUT2D eigenvalue weighted by Crippen LogP contribution is -2.09. The maximum absolute atomic E-state index is 11.2. The molecule has 0 saturated carbocycles. The van der Waals surface area contributed by atoms with E-state index in [0.29, 0.717) is 18.2 Å². The number of methoxy groups -OCH3 is 1. The van der Waals surface area contributed by atoms with Crippen LogP contribution in [0.25, 0.3) is 0 Å². The van der Waals surface area contributed by atoms with E-state index in [9.17, 15) is 4.79 Å². The number of hydrogen-bond acceptors (Lipinski definition) is 8. The molecule has 0 aromatic carbocycles. The molecule has 8 heteroatoms. The van der Waals surface area contributed by atoms with Crippen LogP contribution in [0.5, 0.6) is 0 Å². The molecule has 17 heavy (non-hydrogen) atoms. The second kappa shape index (κ2) is 5.01. The van der Waals surface area contributed by atoms with Crippen molar-refractivity contribution in [2.75, 3.05) is 12.4 Å². The van der Waals surface area contributed by atoms with Gasteiger partial charge in [0.1, 0.15) is 5.82 Å². The number of nitrogens with one attached hydrogen (secondary N) is 1. The average molecular weight is 235 g/mol. The summed E-state index contributed by atoms with van der Waals surface area (Å²) in [4.78, 5) is 22.9. The van der Waals surface area contributed by atoms with Gasteiger partial charge in [-0.2, -0.15) is 4.98 Å². The molecular weight excluding hydrogens is 226 g/mol. The molecule has 2 aromatic heterocycles. The molecule has 2 aromatic rings. The fourth-order valence-electron chi connectivity index (χ4n) is 1.09. The van der Waals surface area contributed by atoms with Crippen LogP contribution in [0.1, 0.15) is 16.3 Å². The van der Waals surface area contributed by atoms with Gasteiger partial charge in [0, 0.05) is 0 Å². The lowest BCUT2D eigenvalue weighted by atomic mass is 10.4. The molecular formula is C9H9N5O3. The highest BCUT2D eigenvalue weighted by atomic mass is 16.5. The van der Waals surface area contributed by atoms with Crippen LogP contribution in [0.4, 0.5) is 5.82 Å². The highest BCUT2D eigenvalue weighted by molar-refractivity contribution is 5.87. The van der Waals surface area contributed by atoms with E-state index in [-0.39, 0.29) is 5.69 Å². The minimum absolute atomic E-state index is 0.130. The zero-order chi connectivity index (χ0) is 12.1. The molecule has 0 amide bonds. The van der Waals surface area contributed by atoms with E-state index in [1.165, 1.54) is 25.9 Å².